The number of hydrogen-bond acceptors (Lipinski definition) is 2. The summed E-state index contributed by atoms with van der Waals surface area (Å²) in [6.45, 7) is 1.92. The Morgan fingerprint density at radius 3 is 2.45 bits per heavy atom. The fourth-order valence-corrected chi connectivity index (χ4v) is 2.22. The molecule has 1 aliphatic carbocycles. The molecule has 0 aromatic heterocycles. The van der Waals surface area contributed by atoms with Gasteiger partial charge >= 0.3 is 5.97 Å². The van der Waals surface area contributed by atoms with Crippen molar-refractivity contribution < 1.29 is 14.7 Å². The largest absolute Gasteiger partial charge is 0.481 e. The normalized spacial score (nSPS) is 15.7. The van der Waals surface area contributed by atoms with E-state index in [-0.39, 0.29) is 18.5 Å². The van der Waals surface area contributed by atoms with Crippen LogP contribution in [0.2, 0.25) is 5.02 Å². The van der Waals surface area contributed by atoms with Gasteiger partial charge in [0, 0.05) is 17.6 Å². The summed E-state index contributed by atoms with van der Waals surface area (Å²) in [7, 11) is 0. The highest BCUT2D eigenvalue weighted by molar-refractivity contribution is 6.30. The molecule has 0 saturated heterocycles. The molecular weight excluding hydrogens is 278 g/mol. The number of aliphatic carboxylic acids is 1. The maximum atomic E-state index is 12.3. The van der Waals surface area contributed by atoms with Crippen LogP contribution >= 0.6 is 11.6 Å². The van der Waals surface area contributed by atoms with Crippen molar-refractivity contribution in [2.24, 2.45) is 5.92 Å². The molecule has 108 valence electrons. The van der Waals surface area contributed by atoms with Gasteiger partial charge in [-0.05, 0) is 30.5 Å². The van der Waals surface area contributed by atoms with Crippen LogP contribution in [0, 0.1) is 5.92 Å². The first-order chi connectivity index (χ1) is 9.47. The minimum absolute atomic E-state index is 0.0112. The average Bonchev–Trinajstić information content (AvgIpc) is 3.22. The minimum Gasteiger partial charge on any atom is -0.481 e. The number of rotatable bonds is 6. The molecule has 0 heterocycles. The number of halogens is 1. The van der Waals surface area contributed by atoms with Gasteiger partial charge < -0.3 is 10.0 Å². The third-order valence-electron chi connectivity index (χ3n) is 3.47. The van der Waals surface area contributed by atoms with Crippen molar-refractivity contribution in [1.82, 2.24) is 4.90 Å². The number of carbonyl (C=O) groups is 2. The fraction of sp³-hybridized carbons (Fsp3) is 0.467. The lowest BCUT2D eigenvalue weighted by atomic mass is 10.1. The van der Waals surface area contributed by atoms with Crippen LogP contribution < -0.4 is 0 Å². The Kier molecular flexibility index (Phi) is 4.65. The van der Waals surface area contributed by atoms with Crippen molar-refractivity contribution in [3.8, 4) is 0 Å². The molecule has 5 heteroatoms. The van der Waals surface area contributed by atoms with Gasteiger partial charge in [-0.15, -0.1) is 0 Å². The molecule has 4 nitrogen and oxygen atoms in total. The summed E-state index contributed by atoms with van der Waals surface area (Å²) in [4.78, 5) is 25.0. The number of nitrogens with zero attached hydrogens (tertiary/aromatic N) is 1. The van der Waals surface area contributed by atoms with Crippen LogP contribution in [0.15, 0.2) is 24.3 Å². The average molecular weight is 296 g/mol. The number of carbonyl (C=O) groups excluding carboxylic acids is 1. The smallest absolute Gasteiger partial charge is 0.308 e. The van der Waals surface area contributed by atoms with Crippen molar-refractivity contribution in [3.05, 3.63) is 34.9 Å². The predicted molar refractivity (Wildman–Crippen MR) is 76.7 cm³/mol. The van der Waals surface area contributed by atoms with E-state index in [2.05, 4.69) is 0 Å². The standard InChI is InChI=1S/C15H18ClNO3/c1-10(15(19)20)9-17(13-6-7-13)14(18)8-11-2-4-12(16)5-3-11/h2-5,10,13H,6-9H2,1H3,(H,19,20). The molecule has 1 N–H and O–H groups in total. The van der Waals surface area contributed by atoms with Gasteiger partial charge in [-0.2, -0.15) is 0 Å². The Balaban J connectivity index is 2.00. The second-order valence-electron chi connectivity index (χ2n) is 5.32. The zero-order valence-corrected chi connectivity index (χ0v) is 12.1. The zero-order valence-electron chi connectivity index (χ0n) is 11.4. The maximum Gasteiger partial charge on any atom is 0.308 e. The Morgan fingerprint density at radius 2 is 1.95 bits per heavy atom. The lowest BCUT2D eigenvalue weighted by Crippen LogP contribution is -2.39. The molecule has 1 aromatic rings. The Morgan fingerprint density at radius 1 is 1.35 bits per heavy atom. The maximum absolute atomic E-state index is 12.3. The molecule has 1 amide bonds. The summed E-state index contributed by atoms with van der Waals surface area (Å²) < 4.78 is 0. The van der Waals surface area contributed by atoms with Crippen molar-refractivity contribution in [2.45, 2.75) is 32.2 Å². The molecule has 1 unspecified atom stereocenters. The highest BCUT2D eigenvalue weighted by atomic mass is 35.5. The molecule has 1 aliphatic rings. The molecule has 1 saturated carbocycles. The first-order valence-electron chi connectivity index (χ1n) is 6.74. The van der Waals surface area contributed by atoms with E-state index in [1.54, 1.807) is 24.0 Å². The topological polar surface area (TPSA) is 57.6 Å². The first kappa shape index (κ1) is 14.9. The summed E-state index contributed by atoms with van der Waals surface area (Å²) in [6, 6.07) is 7.38. The number of benzene rings is 1. The monoisotopic (exact) mass is 295 g/mol. The van der Waals surface area contributed by atoms with E-state index >= 15 is 0 Å². The van der Waals surface area contributed by atoms with Gasteiger partial charge in [0.05, 0.1) is 12.3 Å². The van der Waals surface area contributed by atoms with Crippen molar-refractivity contribution in [1.29, 1.82) is 0 Å². The predicted octanol–water partition coefficient (Wildman–Crippen LogP) is 2.59. The molecule has 0 radical (unpaired) electrons. The third-order valence-corrected chi connectivity index (χ3v) is 3.72. The summed E-state index contributed by atoms with van der Waals surface area (Å²) in [5, 5.41) is 9.62. The van der Waals surface area contributed by atoms with Crippen LogP contribution in [0.25, 0.3) is 0 Å². The van der Waals surface area contributed by atoms with Crippen LogP contribution in [0.5, 0.6) is 0 Å². The highest BCUT2D eigenvalue weighted by Gasteiger charge is 2.34. The Bertz CT molecular complexity index is 496. The number of carboxylic acid groups (broad SMARTS) is 1. The Hall–Kier alpha value is -1.55. The Labute approximate surface area is 123 Å². The first-order valence-corrected chi connectivity index (χ1v) is 7.12. The van der Waals surface area contributed by atoms with Gasteiger partial charge in [-0.1, -0.05) is 30.7 Å². The van der Waals surface area contributed by atoms with E-state index in [1.165, 1.54) is 0 Å². The van der Waals surface area contributed by atoms with E-state index in [4.69, 9.17) is 16.7 Å². The molecule has 1 fully saturated rings. The van der Waals surface area contributed by atoms with Crippen LogP contribution in [-0.4, -0.2) is 34.5 Å². The third kappa shape index (κ3) is 3.97. The molecule has 0 bridgehead atoms. The second kappa shape index (κ2) is 6.27. The van der Waals surface area contributed by atoms with Crippen LogP contribution in [0.1, 0.15) is 25.3 Å². The second-order valence-corrected chi connectivity index (χ2v) is 5.76. The summed E-state index contributed by atoms with van der Waals surface area (Å²) in [5.74, 6) is -1.41. The van der Waals surface area contributed by atoms with Crippen molar-refractivity contribution >= 4 is 23.5 Å². The molecular formula is C15H18ClNO3. The summed E-state index contributed by atoms with van der Waals surface area (Å²) >= 11 is 5.81. The molecule has 20 heavy (non-hydrogen) atoms. The number of carboxylic acids is 1. The molecule has 1 aromatic carbocycles. The lowest BCUT2D eigenvalue weighted by molar-refractivity contribution is -0.143. The van der Waals surface area contributed by atoms with Gasteiger partial charge in [0.1, 0.15) is 0 Å². The zero-order chi connectivity index (χ0) is 14.7. The van der Waals surface area contributed by atoms with Gasteiger partial charge in [0.25, 0.3) is 0 Å². The number of amides is 1. The lowest BCUT2D eigenvalue weighted by Gasteiger charge is -2.24. The van der Waals surface area contributed by atoms with Crippen molar-refractivity contribution in [3.63, 3.8) is 0 Å². The van der Waals surface area contributed by atoms with Crippen LogP contribution in [0.3, 0.4) is 0 Å². The van der Waals surface area contributed by atoms with E-state index in [0.717, 1.165) is 18.4 Å². The molecule has 0 spiro atoms. The van der Waals surface area contributed by atoms with E-state index < -0.39 is 11.9 Å². The van der Waals surface area contributed by atoms with Gasteiger partial charge in [0.15, 0.2) is 0 Å². The molecule has 0 aliphatic heterocycles. The van der Waals surface area contributed by atoms with Crippen molar-refractivity contribution in [2.75, 3.05) is 6.54 Å². The molecule has 2 rings (SSSR count). The van der Waals surface area contributed by atoms with Gasteiger partial charge in [0.2, 0.25) is 5.91 Å². The summed E-state index contributed by atoms with van der Waals surface area (Å²) in [5.41, 5.74) is 0.896. The van der Waals surface area contributed by atoms with E-state index in [0.29, 0.717) is 11.4 Å². The van der Waals surface area contributed by atoms with Gasteiger partial charge in [-0.3, -0.25) is 9.59 Å². The van der Waals surface area contributed by atoms with Gasteiger partial charge in [-0.25, -0.2) is 0 Å². The van der Waals surface area contributed by atoms with E-state index in [1.807, 2.05) is 12.1 Å². The minimum atomic E-state index is -0.866. The SMILES string of the molecule is CC(CN(C(=O)Cc1ccc(Cl)cc1)C1CC1)C(=O)O. The fourth-order valence-electron chi connectivity index (χ4n) is 2.09. The number of hydrogen-bond donors (Lipinski definition) is 1. The highest BCUT2D eigenvalue weighted by Crippen LogP contribution is 2.28. The quantitative estimate of drug-likeness (QED) is 0.877. The van der Waals surface area contributed by atoms with E-state index in [9.17, 15) is 9.59 Å². The van der Waals surface area contributed by atoms with Crippen LogP contribution in [-0.2, 0) is 16.0 Å². The van der Waals surface area contributed by atoms with Crippen LogP contribution in [0.4, 0.5) is 0 Å². The summed E-state index contributed by atoms with van der Waals surface area (Å²) in [6.07, 6.45) is 2.23. The molecule has 1 atom stereocenters.